The molecule has 0 spiro atoms. The molecule has 1 heterocycles. The van der Waals surface area contributed by atoms with Crippen LogP contribution >= 0.6 is 0 Å². The lowest BCUT2D eigenvalue weighted by Crippen LogP contribution is -2.40. The first-order valence-electron chi connectivity index (χ1n) is 13.7. The van der Waals surface area contributed by atoms with Crippen LogP contribution in [0.4, 0.5) is 30.7 Å². The Hall–Kier alpha value is -2.47. The highest BCUT2D eigenvalue weighted by molar-refractivity contribution is 5.86. The van der Waals surface area contributed by atoms with Gasteiger partial charge in [-0.3, -0.25) is 0 Å². The summed E-state index contributed by atoms with van der Waals surface area (Å²) in [5.41, 5.74) is -1.04. The molecule has 1 saturated carbocycles. The average Bonchev–Trinajstić information content (AvgIpc) is 2.88. The predicted molar refractivity (Wildman–Crippen MR) is 134 cm³/mol. The third kappa shape index (κ3) is 7.59. The van der Waals surface area contributed by atoms with Crippen LogP contribution in [0.3, 0.4) is 0 Å². The maximum Gasteiger partial charge on any atom is 0.458 e. The van der Waals surface area contributed by atoms with E-state index in [2.05, 4.69) is 6.92 Å². The number of halogens is 7. The summed E-state index contributed by atoms with van der Waals surface area (Å²) in [5.74, 6) is -0.781. The number of rotatable bonds is 8. The number of hydrogen-bond acceptors (Lipinski definition) is 2. The maximum atomic E-state index is 15.1. The van der Waals surface area contributed by atoms with Gasteiger partial charge >= 0.3 is 12.3 Å². The summed E-state index contributed by atoms with van der Waals surface area (Å²) in [6.07, 6.45) is 0.374. The summed E-state index contributed by atoms with van der Waals surface area (Å²) < 4.78 is 107. The van der Waals surface area contributed by atoms with Crippen molar-refractivity contribution < 1.29 is 40.2 Å². The lowest BCUT2D eigenvalue weighted by atomic mass is 9.76. The third-order valence-corrected chi connectivity index (χ3v) is 7.98. The Kier molecular flexibility index (Phi) is 9.36. The zero-order valence-electron chi connectivity index (χ0n) is 21.9. The van der Waals surface area contributed by atoms with Crippen LogP contribution in [0.1, 0.15) is 76.7 Å². The molecule has 1 saturated heterocycles. The summed E-state index contributed by atoms with van der Waals surface area (Å²) in [6.45, 7) is 2.93. The van der Waals surface area contributed by atoms with Gasteiger partial charge in [0.1, 0.15) is 17.4 Å². The smallest absolute Gasteiger partial charge is 0.432 e. The molecule has 9 heteroatoms. The standard InChI is InChI=1S/C30H33F7O2/c1-2-3-4-5-19-6-13-27(38-18-19)20-7-9-22(10-8-20)30(36,37)39-23-11-12-24-21(16-23)17-26(31)25(28(24)32)14-15-29(33,34)35/h11-12,16-17,19-20,22,27H,2-10,13,18H2,1H3. The van der Waals surface area contributed by atoms with Crippen molar-refractivity contribution in [3.05, 3.63) is 41.5 Å². The van der Waals surface area contributed by atoms with E-state index in [-0.39, 0.29) is 41.4 Å². The largest absolute Gasteiger partial charge is 0.458 e. The van der Waals surface area contributed by atoms with Crippen molar-refractivity contribution in [2.45, 2.75) is 89.5 Å². The molecule has 0 amide bonds. The van der Waals surface area contributed by atoms with Crippen LogP contribution in [-0.4, -0.2) is 25.0 Å². The van der Waals surface area contributed by atoms with Gasteiger partial charge in [0.25, 0.3) is 0 Å². The number of ether oxygens (including phenoxy) is 2. The molecule has 2 fully saturated rings. The van der Waals surface area contributed by atoms with E-state index < -0.39 is 35.4 Å². The summed E-state index contributed by atoms with van der Waals surface area (Å²) in [7, 11) is 0. The summed E-state index contributed by atoms with van der Waals surface area (Å²) in [4.78, 5) is 0. The fourth-order valence-corrected chi connectivity index (χ4v) is 5.80. The van der Waals surface area contributed by atoms with Gasteiger partial charge in [-0.1, -0.05) is 32.1 Å². The number of fused-ring (bicyclic) bond motifs is 1. The number of alkyl halides is 5. The van der Waals surface area contributed by atoms with Crippen molar-refractivity contribution in [2.75, 3.05) is 6.61 Å². The van der Waals surface area contributed by atoms with Crippen LogP contribution in [0, 0.1) is 41.2 Å². The minimum Gasteiger partial charge on any atom is -0.432 e. The van der Waals surface area contributed by atoms with E-state index in [1.165, 1.54) is 31.6 Å². The van der Waals surface area contributed by atoms with Crippen LogP contribution in [0.2, 0.25) is 0 Å². The molecule has 2 aliphatic rings. The molecule has 4 rings (SSSR count). The third-order valence-electron chi connectivity index (χ3n) is 7.98. The predicted octanol–water partition coefficient (Wildman–Crippen LogP) is 9.19. The maximum absolute atomic E-state index is 15.1. The SMILES string of the molecule is CCCCCC1CCC(C2CCC(C(F)(F)Oc3ccc4c(F)c(C#CC(F)(F)F)c(F)cc4c3)CC2)OC1. The van der Waals surface area contributed by atoms with Crippen molar-refractivity contribution in [3.8, 4) is 17.6 Å². The quantitative estimate of drug-likeness (QED) is 0.183. The highest BCUT2D eigenvalue weighted by Gasteiger charge is 2.45. The highest BCUT2D eigenvalue weighted by Crippen LogP contribution is 2.43. The topological polar surface area (TPSA) is 18.5 Å². The monoisotopic (exact) mass is 558 g/mol. The molecule has 2 atom stereocenters. The van der Waals surface area contributed by atoms with E-state index in [4.69, 9.17) is 9.47 Å². The van der Waals surface area contributed by atoms with Gasteiger partial charge in [-0.05, 0) is 86.4 Å². The molecular formula is C30H33F7O2. The van der Waals surface area contributed by atoms with Gasteiger partial charge in [-0.25, -0.2) is 8.78 Å². The van der Waals surface area contributed by atoms with Gasteiger partial charge in [0.15, 0.2) is 0 Å². The van der Waals surface area contributed by atoms with Gasteiger partial charge in [-0.2, -0.15) is 22.0 Å². The Morgan fingerprint density at radius 3 is 2.33 bits per heavy atom. The minimum atomic E-state index is -4.92. The van der Waals surface area contributed by atoms with Crippen molar-refractivity contribution in [1.82, 2.24) is 0 Å². The van der Waals surface area contributed by atoms with Crippen molar-refractivity contribution in [3.63, 3.8) is 0 Å². The molecule has 2 aromatic carbocycles. The molecule has 0 radical (unpaired) electrons. The first-order chi connectivity index (χ1) is 18.5. The first kappa shape index (κ1) is 29.5. The lowest BCUT2D eigenvalue weighted by molar-refractivity contribution is -0.225. The first-order valence-corrected chi connectivity index (χ1v) is 13.7. The van der Waals surface area contributed by atoms with Gasteiger partial charge in [0.05, 0.1) is 17.6 Å². The van der Waals surface area contributed by atoms with Gasteiger partial charge in [0.2, 0.25) is 0 Å². The van der Waals surface area contributed by atoms with Crippen LogP contribution in [0.5, 0.6) is 5.75 Å². The molecule has 0 aromatic heterocycles. The average molecular weight is 559 g/mol. The van der Waals surface area contributed by atoms with E-state index in [0.717, 1.165) is 49.6 Å². The molecule has 0 N–H and O–H groups in total. The van der Waals surface area contributed by atoms with Gasteiger partial charge in [-0.15, -0.1) is 0 Å². The molecule has 214 valence electrons. The molecule has 39 heavy (non-hydrogen) atoms. The number of benzene rings is 2. The van der Waals surface area contributed by atoms with Crippen molar-refractivity contribution >= 4 is 10.8 Å². The van der Waals surface area contributed by atoms with E-state index in [9.17, 15) is 22.0 Å². The second-order valence-electron chi connectivity index (χ2n) is 10.8. The summed E-state index contributed by atoms with van der Waals surface area (Å²) in [6, 6.07) is 3.97. The molecule has 1 aliphatic carbocycles. The fourth-order valence-electron chi connectivity index (χ4n) is 5.80. The Balaban J connectivity index is 1.35. The van der Waals surface area contributed by atoms with Crippen LogP contribution in [0.25, 0.3) is 10.8 Å². The number of hydrogen-bond donors (Lipinski definition) is 0. The number of unbranched alkanes of at least 4 members (excludes halogenated alkanes) is 2. The Morgan fingerprint density at radius 1 is 0.949 bits per heavy atom. The summed E-state index contributed by atoms with van der Waals surface area (Å²) >= 11 is 0. The summed E-state index contributed by atoms with van der Waals surface area (Å²) in [5, 5.41) is -0.374. The van der Waals surface area contributed by atoms with Crippen LogP contribution in [0.15, 0.2) is 24.3 Å². The van der Waals surface area contributed by atoms with Crippen LogP contribution < -0.4 is 4.74 Å². The van der Waals surface area contributed by atoms with Gasteiger partial charge < -0.3 is 9.47 Å². The zero-order valence-corrected chi connectivity index (χ0v) is 21.9. The molecule has 1 aliphatic heterocycles. The van der Waals surface area contributed by atoms with Crippen LogP contribution in [-0.2, 0) is 4.74 Å². The molecule has 2 unspecified atom stereocenters. The molecule has 2 aromatic rings. The Labute approximate surface area is 224 Å². The Morgan fingerprint density at radius 2 is 1.69 bits per heavy atom. The van der Waals surface area contributed by atoms with Crippen molar-refractivity contribution in [2.24, 2.45) is 17.8 Å². The molecular weight excluding hydrogens is 525 g/mol. The minimum absolute atomic E-state index is 0.110. The fraction of sp³-hybridized carbons (Fsp3) is 0.600. The van der Waals surface area contributed by atoms with E-state index >= 15 is 8.78 Å². The van der Waals surface area contributed by atoms with E-state index in [1.54, 1.807) is 0 Å². The second-order valence-corrected chi connectivity index (χ2v) is 10.8. The lowest BCUT2D eigenvalue weighted by Gasteiger charge is -2.39. The molecule has 2 nitrogen and oxygen atoms in total. The zero-order chi connectivity index (χ0) is 28.2. The van der Waals surface area contributed by atoms with E-state index in [0.29, 0.717) is 18.8 Å². The Bertz CT molecular complexity index is 1180. The van der Waals surface area contributed by atoms with Gasteiger partial charge in [0, 0.05) is 17.9 Å². The van der Waals surface area contributed by atoms with Crippen molar-refractivity contribution in [1.29, 1.82) is 0 Å². The normalized spacial score (nSPS) is 24.3. The highest BCUT2D eigenvalue weighted by atomic mass is 19.4. The molecule has 0 bridgehead atoms. The second kappa shape index (κ2) is 12.4. The van der Waals surface area contributed by atoms with E-state index in [1.807, 2.05) is 0 Å².